The second-order valence-corrected chi connectivity index (χ2v) is 5.52. The predicted octanol–water partition coefficient (Wildman–Crippen LogP) is 1.49. The van der Waals surface area contributed by atoms with Crippen LogP contribution in [0.4, 0.5) is 0 Å². The predicted molar refractivity (Wildman–Crippen MR) is 52.8 cm³/mol. The molecule has 0 bridgehead atoms. The molecule has 1 rings (SSSR count). The molecule has 12 heavy (non-hydrogen) atoms. The van der Waals surface area contributed by atoms with Crippen LogP contribution < -0.4 is 11.5 Å². The molecule has 2 atom stereocenters. The molecule has 0 spiro atoms. The van der Waals surface area contributed by atoms with Crippen molar-refractivity contribution in [2.45, 2.75) is 46.1 Å². The Labute approximate surface area is 75.7 Å². The highest BCUT2D eigenvalue weighted by Crippen LogP contribution is 2.44. The third-order valence-electron chi connectivity index (χ3n) is 2.97. The summed E-state index contributed by atoms with van der Waals surface area (Å²) in [6, 6.07) is 0.349. The largest absolute Gasteiger partial charge is 0.330 e. The Hall–Kier alpha value is -0.0800. The molecule has 2 heteroatoms. The first-order chi connectivity index (χ1) is 5.37. The third-order valence-corrected chi connectivity index (χ3v) is 2.97. The van der Waals surface area contributed by atoms with Gasteiger partial charge in [-0.15, -0.1) is 0 Å². The number of hydrogen-bond acceptors (Lipinski definition) is 2. The van der Waals surface area contributed by atoms with Crippen LogP contribution in [-0.4, -0.2) is 12.6 Å². The number of hydrogen-bond donors (Lipinski definition) is 2. The topological polar surface area (TPSA) is 52.0 Å². The van der Waals surface area contributed by atoms with E-state index in [0.29, 0.717) is 11.5 Å². The molecule has 1 saturated carbocycles. The summed E-state index contributed by atoms with van der Waals surface area (Å²) in [7, 11) is 0. The summed E-state index contributed by atoms with van der Waals surface area (Å²) >= 11 is 0. The van der Waals surface area contributed by atoms with E-state index in [4.69, 9.17) is 11.5 Å². The molecule has 1 aliphatic rings. The van der Waals surface area contributed by atoms with E-state index in [1.54, 1.807) is 0 Å². The fourth-order valence-electron chi connectivity index (χ4n) is 2.87. The molecule has 0 heterocycles. The maximum atomic E-state index is 6.01. The summed E-state index contributed by atoms with van der Waals surface area (Å²) in [6.07, 6.45) is 3.44. The Balaban J connectivity index is 2.70. The van der Waals surface area contributed by atoms with Gasteiger partial charge < -0.3 is 11.5 Å². The van der Waals surface area contributed by atoms with E-state index in [1.807, 2.05) is 0 Å². The van der Waals surface area contributed by atoms with Crippen LogP contribution in [0.15, 0.2) is 0 Å². The first kappa shape index (κ1) is 10.0. The first-order valence-electron chi connectivity index (χ1n) is 4.83. The summed E-state index contributed by atoms with van der Waals surface area (Å²) in [5.74, 6) is 0. The summed E-state index contributed by atoms with van der Waals surface area (Å²) in [6.45, 7) is 7.61. The molecule has 0 radical (unpaired) electrons. The summed E-state index contributed by atoms with van der Waals surface area (Å²) in [4.78, 5) is 0. The normalized spacial score (nSPS) is 41.2. The van der Waals surface area contributed by atoms with E-state index >= 15 is 0 Å². The van der Waals surface area contributed by atoms with Crippen LogP contribution in [0.25, 0.3) is 0 Å². The Morgan fingerprint density at radius 3 is 2.25 bits per heavy atom. The minimum atomic E-state index is 0.279. The molecule has 0 saturated heterocycles. The third kappa shape index (κ3) is 2.20. The van der Waals surface area contributed by atoms with E-state index in [0.717, 1.165) is 19.4 Å². The molecule has 4 N–H and O–H groups in total. The average molecular weight is 170 g/mol. The second kappa shape index (κ2) is 3.00. The summed E-state index contributed by atoms with van der Waals surface area (Å²) in [5.41, 5.74) is 12.4. The smallest absolute Gasteiger partial charge is 0.00495 e. The molecule has 0 amide bonds. The van der Waals surface area contributed by atoms with E-state index < -0.39 is 0 Å². The monoisotopic (exact) mass is 170 g/mol. The van der Waals surface area contributed by atoms with Gasteiger partial charge in [-0.05, 0) is 36.6 Å². The minimum Gasteiger partial charge on any atom is -0.330 e. The summed E-state index contributed by atoms with van der Waals surface area (Å²) in [5, 5.41) is 0. The van der Waals surface area contributed by atoms with Crippen molar-refractivity contribution in [2.75, 3.05) is 6.54 Å². The van der Waals surface area contributed by atoms with Gasteiger partial charge in [0.2, 0.25) is 0 Å². The van der Waals surface area contributed by atoms with Crippen LogP contribution in [0.1, 0.15) is 40.0 Å². The Kier molecular flexibility index (Phi) is 2.50. The van der Waals surface area contributed by atoms with Crippen molar-refractivity contribution in [3.8, 4) is 0 Å². The fraction of sp³-hybridized carbons (Fsp3) is 1.00. The quantitative estimate of drug-likeness (QED) is 0.626. The number of rotatable bonds is 1. The maximum absolute atomic E-state index is 6.01. The first-order valence-corrected chi connectivity index (χ1v) is 4.83. The van der Waals surface area contributed by atoms with Crippen molar-refractivity contribution in [1.82, 2.24) is 0 Å². The molecule has 1 unspecified atom stereocenters. The van der Waals surface area contributed by atoms with Gasteiger partial charge in [-0.2, -0.15) is 0 Å². The zero-order valence-corrected chi connectivity index (χ0v) is 8.56. The lowest BCUT2D eigenvalue weighted by molar-refractivity contribution is 0.0904. The standard InChI is InChI=1S/C10H22N2/c1-9(2)4-8(12)5-10(3,6-9)7-11/h8H,4-7,11-12H2,1-3H3/t8?,10-/m1/s1. The average Bonchev–Trinajstić information content (AvgIpc) is 1.82. The molecule has 1 fully saturated rings. The van der Waals surface area contributed by atoms with Gasteiger partial charge in [0.1, 0.15) is 0 Å². The SMILES string of the molecule is CC1(C)CC(N)C[C@@](C)(CN)C1. The van der Waals surface area contributed by atoms with Crippen molar-refractivity contribution in [2.24, 2.45) is 22.3 Å². The summed E-state index contributed by atoms with van der Waals surface area (Å²) < 4.78 is 0. The van der Waals surface area contributed by atoms with Crippen molar-refractivity contribution < 1.29 is 0 Å². The highest BCUT2D eigenvalue weighted by Gasteiger charge is 2.38. The van der Waals surface area contributed by atoms with Crippen LogP contribution >= 0.6 is 0 Å². The van der Waals surface area contributed by atoms with Gasteiger partial charge in [0.05, 0.1) is 0 Å². The molecule has 72 valence electrons. The molecule has 0 aliphatic heterocycles. The van der Waals surface area contributed by atoms with Gasteiger partial charge in [0.25, 0.3) is 0 Å². The molecule has 0 aromatic carbocycles. The highest BCUT2D eigenvalue weighted by atomic mass is 14.7. The van der Waals surface area contributed by atoms with Crippen LogP contribution in [0.3, 0.4) is 0 Å². The van der Waals surface area contributed by atoms with Crippen molar-refractivity contribution in [1.29, 1.82) is 0 Å². The van der Waals surface area contributed by atoms with Crippen LogP contribution in [0.2, 0.25) is 0 Å². The zero-order valence-electron chi connectivity index (χ0n) is 8.56. The fourth-order valence-corrected chi connectivity index (χ4v) is 2.87. The lowest BCUT2D eigenvalue weighted by Gasteiger charge is -2.45. The Bertz CT molecular complexity index is 165. The van der Waals surface area contributed by atoms with E-state index in [9.17, 15) is 0 Å². The van der Waals surface area contributed by atoms with E-state index in [1.165, 1.54) is 6.42 Å². The van der Waals surface area contributed by atoms with Crippen molar-refractivity contribution in [3.05, 3.63) is 0 Å². The molecular formula is C10H22N2. The minimum absolute atomic E-state index is 0.279. The molecule has 0 aromatic rings. The Morgan fingerprint density at radius 1 is 1.25 bits per heavy atom. The van der Waals surface area contributed by atoms with E-state index in [2.05, 4.69) is 20.8 Å². The van der Waals surface area contributed by atoms with Crippen LogP contribution in [-0.2, 0) is 0 Å². The van der Waals surface area contributed by atoms with Gasteiger partial charge in [-0.3, -0.25) is 0 Å². The van der Waals surface area contributed by atoms with Gasteiger partial charge in [0, 0.05) is 6.04 Å². The van der Waals surface area contributed by atoms with Gasteiger partial charge in [0.15, 0.2) is 0 Å². The second-order valence-electron chi connectivity index (χ2n) is 5.52. The Morgan fingerprint density at radius 2 is 1.83 bits per heavy atom. The lowest BCUT2D eigenvalue weighted by atomic mass is 9.63. The molecular weight excluding hydrogens is 148 g/mol. The zero-order chi connectivity index (χ0) is 9.41. The van der Waals surface area contributed by atoms with Crippen LogP contribution in [0, 0.1) is 10.8 Å². The van der Waals surface area contributed by atoms with Crippen molar-refractivity contribution >= 4 is 0 Å². The van der Waals surface area contributed by atoms with Crippen LogP contribution in [0.5, 0.6) is 0 Å². The lowest BCUT2D eigenvalue weighted by Crippen LogP contribution is -2.45. The van der Waals surface area contributed by atoms with E-state index in [-0.39, 0.29) is 5.41 Å². The highest BCUT2D eigenvalue weighted by molar-refractivity contribution is 4.93. The molecule has 1 aliphatic carbocycles. The molecule has 0 aromatic heterocycles. The van der Waals surface area contributed by atoms with Crippen molar-refractivity contribution in [3.63, 3.8) is 0 Å². The van der Waals surface area contributed by atoms with Gasteiger partial charge in [-0.25, -0.2) is 0 Å². The maximum Gasteiger partial charge on any atom is 0.00495 e. The van der Waals surface area contributed by atoms with Gasteiger partial charge in [-0.1, -0.05) is 20.8 Å². The molecule has 2 nitrogen and oxygen atoms in total. The van der Waals surface area contributed by atoms with Gasteiger partial charge >= 0.3 is 0 Å². The number of nitrogens with two attached hydrogens (primary N) is 2.